The topological polar surface area (TPSA) is 101 Å². The van der Waals surface area contributed by atoms with Gasteiger partial charge >= 0.3 is 0 Å². The van der Waals surface area contributed by atoms with Crippen molar-refractivity contribution in [1.29, 1.82) is 0 Å². The number of amides is 1. The van der Waals surface area contributed by atoms with E-state index in [9.17, 15) is 13.2 Å². The molecule has 1 aliphatic heterocycles. The number of sulfonamides is 1. The van der Waals surface area contributed by atoms with Gasteiger partial charge in [0.2, 0.25) is 15.9 Å². The van der Waals surface area contributed by atoms with E-state index >= 15 is 0 Å². The van der Waals surface area contributed by atoms with Gasteiger partial charge in [-0.15, -0.1) is 0 Å². The summed E-state index contributed by atoms with van der Waals surface area (Å²) in [6.45, 7) is 1.70. The Balaban J connectivity index is 1.72. The Bertz CT molecular complexity index is 868. The van der Waals surface area contributed by atoms with E-state index in [2.05, 4.69) is 14.1 Å². The summed E-state index contributed by atoms with van der Waals surface area (Å²) in [6, 6.07) is 4.96. The van der Waals surface area contributed by atoms with Gasteiger partial charge in [-0.1, -0.05) is 6.07 Å². The maximum absolute atomic E-state index is 13.1. The average molecular weight is 399 g/mol. The van der Waals surface area contributed by atoms with Gasteiger partial charge in [0.15, 0.2) is 0 Å². The minimum atomic E-state index is -3.72. The number of carbonyl (C=O) groups is 1. The fourth-order valence-electron chi connectivity index (χ4n) is 3.08. The molecule has 1 aromatic heterocycles. The molecule has 1 atom stereocenters. The Hall–Kier alpha value is -1.62. The van der Waals surface area contributed by atoms with Crippen LogP contribution in [0, 0.1) is 5.92 Å². The monoisotopic (exact) mass is 398 g/mol. The zero-order chi connectivity index (χ0) is 18.6. The Labute approximate surface area is 156 Å². The van der Waals surface area contributed by atoms with E-state index in [0.717, 1.165) is 18.1 Å². The number of nitrogens with zero attached hydrogens (tertiary/aromatic N) is 3. The molecule has 0 spiro atoms. The lowest BCUT2D eigenvalue weighted by Crippen LogP contribution is -2.45. The van der Waals surface area contributed by atoms with Gasteiger partial charge in [0, 0.05) is 33.4 Å². The molecule has 2 heterocycles. The molecule has 8 nitrogen and oxygen atoms in total. The molecule has 1 fully saturated rings. The first-order valence-corrected chi connectivity index (χ1v) is 10.7. The molecule has 1 N–H and O–H groups in total. The van der Waals surface area contributed by atoms with Crippen LogP contribution < -0.4 is 5.32 Å². The molecule has 26 heavy (non-hydrogen) atoms. The molecule has 0 aliphatic carbocycles. The summed E-state index contributed by atoms with van der Waals surface area (Å²) in [6.07, 6.45) is 2.07. The zero-order valence-electron chi connectivity index (χ0n) is 14.6. The van der Waals surface area contributed by atoms with Crippen molar-refractivity contribution in [3.05, 3.63) is 18.2 Å². The quantitative estimate of drug-likeness (QED) is 0.704. The van der Waals surface area contributed by atoms with E-state index < -0.39 is 10.0 Å². The number of rotatable bonds is 7. The standard InChI is InChI=1S/C16H22N4O4S2/c1-24-10-4-8-17-16(21)12-5-3-9-20(11-12)26(22,23)14-7-2-6-13-15(14)19-25-18-13/h2,6-7,12H,3-5,8-11H2,1H3,(H,17,21)/t12-/m1/s1. The van der Waals surface area contributed by atoms with Crippen LogP contribution in [-0.4, -0.2) is 60.7 Å². The third kappa shape index (κ3) is 4.03. The van der Waals surface area contributed by atoms with E-state index in [-0.39, 0.29) is 23.3 Å². The Morgan fingerprint density at radius 1 is 1.42 bits per heavy atom. The SMILES string of the molecule is COCCCNC(=O)[C@@H]1CCCN(S(=O)(=O)c2cccc3nsnc23)C1. The van der Waals surface area contributed by atoms with E-state index in [1.165, 1.54) is 4.31 Å². The molecule has 2 aromatic rings. The van der Waals surface area contributed by atoms with Crippen LogP contribution in [0.3, 0.4) is 0 Å². The second-order valence-corrected chi connectivity index (χ2v) is 8.66. The summed E-state index contributed by atoms with van der Waals surface area (Å²) in [5, 5.41) is 2.86. The highest BCUT2D eigenvalue weighted by atomic mass is 32.2. The predicted molar refractivity (Wildman–Crippen MR) is 98.4 cm³/mol. The van der Waals surface area contributed by atoms with Crippen molar-refractivity contribution in [3.63, 3.8) is 0 Å². The van der Waals surface area contributed by atoms with Crippen LogP contribution in [0.5, 0.6) is 0 Å². The smallest absolute Gasteiger partial charge is 0.245 e. The maximum Gasteiger partial charge on any atom is 0.245 e. The summed E-state index contributed by atoms with van der Waals surface area (Å²) in [4.78, 5) is 12.5. The number of fused-ring (bicyclic) bond motifs is 1. The number of ether oxygens (including phenoxy) is 1. The third-order valence-electron chi connectivity index (χ3n) is 4.45. The fourth-order valence-corrected chi connectivity index (χ4v) is 5.35. The van der Waals surface area contributed by atoms with Crippen LogP contribution in [0.2, 0.25) is 0 Å². The lowest BCUT2D eigenvalue weighted by molar-refractivity contribution is -0.126. The third-order valence-corrected chi connectivity index (χ3v) is 6.89. The first-order chi connectivity index (χ1) is 12.5. The lowest BCUT2D eigenvalue weighted by Gasteiger charge is -2.31. The number of benzene rings is 1. The van der Waals surface area contributed by atoms with Gasteiger partial charge in [-0.25, -0.2) is 8.42 Å². The van der Waals surface area contributed by atoms with E-state index in [0.29, 0.717) is 43.6 Å². The molecule has 1 aliphatic rings. The first kappa shape index (κ1) is 19.2. The van der Waals surface area contributed by atoms with Crippen LogP contribution >= 0.6 is 11.7 Å². The molecule has 3 rings (SSSR count). The van der Waals surface area contributed by atoms with Crippen LogP contribution in [-0.2, 0) is 19.6 Å². The van der Waals surface area contributed by atoms with Crippen LogP contribution in [0.1, 0.15) is 19.3 Å². The highest BCUT2D eigenvalue weighted by Gasteiger charge is 2.34. The molecule has 142 valence electrons. The van der Waals surface area contributed by atoms with Crippen molar-refractivity contribution in [2.24, 2.45) is 5.92 Å². The largest absolute Gasteiger partial charge is 0.385 e. The molecule has 0 radical (unpaired) electrons. The van der Waals surface area contributed by atoms with Crippen molar-refractivity contribution >= 4 is 38.7 Å². The molecule has 1 saturated heterocycles. The van der Waals surface area contributed by atoms with Gasteiger partial charge < -0.3 is 10.1 Å². The van der Waals surface area contributed by atoms with E-state index in [1.54, 1.807) is 25.3 Å². The molecule has 0 bridgehead atoms. The van der Waals surface area contributed by atoms with E-state index in [4.69, 9.17) is 4.74 Å². The highest BCUT2D eigenvalue weighted by molar-refractivity contribution is 7.89. The number of hydrogen-bond donors (Lipinski definition) is 1. The molecule has 1 amide bonds. The van der Waals surface area contributed by atoms with Crippen LogP contribution in [0.25, 0.3) is 11.0 Å². The number of aromatic nitrogens is 2. The van der Waals surface area contributed by atoms with Gasteiger partial charge in [-0.3, -0.25) is 4.79 Å². The van der Waals surface area contributed by atoms with E-state index in [1.807, 2.05) is 0 Å². The van der Waals surface area contributed by atoms with Gasteiger partial charge in [-0.2, -0.15) is 13.1 Å². The van der Waals surface area contributed by atoms with Crippen molar-refractivity contribution in [2.75, 3.05) is 33.4 Å². The van der Waals surface area contributed by atoms with Gasteiger partial charge in [0.05, 0.1) is 17.6 Å². The van der Waals surface area contributed by atoms with Gasteiger partial charge in [-0.05, 0) is 31.4 Å². The number of carbonyl (C=O) groups excluding carboxylic acids is 1. The molecular weight excluding hydrogens is 376 g/mol. The predicted octanol–water partition coefficient (Wildman–Crippen LogP) is 1.24. The van der Waals surface area contributed by atoms with Crippen molar-refractivity contribution in [2.45, 2.75) is 24.2 Å². The Morgan fingerprint density at radius 2 is 2.27 bits per heavy atom. The Kier molecular flexibility index (Phi) is 6.17. The van der Waals surface area contributed by atoms with Crippen molar-refractivity contribution in [1.82, 2.24) is 18.4 Å². The minimum absolute atomic E-state index is 0.102. The molecule has 1 aromatic carbocycles. The number of methoxy groups -OCH3 is 1. The average Bonchev–Trinajstić information content (AvgIpc) is 3.14. The second kappa shape index (κ2) is 8.38. The summed E-state index contributed by atoms with van der Waals surface area (Å²) < 4.78 is 40.7. The molecule has 10 heteroatoms. The molecule has 0 saturated carbocycles. The Morgan fingerprint density at radius 3 is 3.08 bits per heavy atom. The normalized spacial score (nSPS) is 18.9. The number of nitrogens with one attached hydrogen (secondary N) is 1. The zero-order valence-corrected chi connectivity index (χ0v) is 16.2. The summed E-state index contributed by atoms with van der Waals surface area (Å²) in [5.74, 6) is -0.441. The summed E-state index contributed by atoms with van der Waals surface area (Å²) in [7, 11) is -2.10. The fraction of sp³-hybridized carbons (Fsp3) is 0.562. The van der Waals surface area contributed by atoms with Gasteiger partial charge in [0.1, 0.15) is 15.9 Å². The van der Waals surface area contributed by atoms with Crippen LogP contribution in [0.15, 0.2) is 23.1 Å². The minimum Gasteiger partial charge on any atom is -0.385 e. The first-order valence-electron chi connectivity index (χ1n) is 8.52. The highest BCUT2D eigenvalue weighted by Crippen LogP contribution is 2.28. The maximum atomic E-state index is 13.1. The van der Waals surface area contributed by atoms with Crippen molar-refractivity contribution < 1.29 is 17.9 Å². The summed E-state index contributed by atoms with van der Waals surface area (Å²) >= 11 is 0.991. The number of hydrogen-bond acceptors (Lipinski definition) is 7. The number of piperidine rings is 1. The van der Waals surface area contributed by atoms with Gasteiger partial charge in [0.25, 0.3) is 0 Å². The molecule has 0 unspecified atom stereocenters. The second-order valence-electron chi connectivity index (χ2n) is 6.23. The van der Waals surface area contributed by atoms with Crippen LogP contribution in [0.4, 0.5) is 0 Å². The van der Waals surface area contributed by atoms with Crippen molar-refractivity contribution in [3.8, 4) is 0 Å². The lowest BCUT2D eigenvalue weighted by atomic mass is 9.99. The molecular formula is C16H22N4O4S2. The summed E-state index contributed by atoms with van der Waals surface area (Å²) in [5.41, 5.74) is 0.962.